The van der Waals surface area contributed by atoms with E-state index in [1.165, 1.54) is 37.1 Å². The molecule has 0 aromatic heterocycles. The Hall–Kier alpha value is -1.26. The summed E-state index contributed by atoms with van der Waals surface area (Å²) in [5.41, 5.74) is 8.48. The molecule has 0 amide bonds. The maximum absolute atomic E-state index is 5.96. The van der Waals surface area contributed by atoms with Crippen molar-refractivity contribution in [2.75, 3.05) is 43.1 Å². The van der Waals surface area contributed by atoms with Crippen molar-refractivity contribution in [1.29, 1.82) is 0 Å². The van der Waals surface area contributed by atoms with Crippen molar-refractivity contribution in [3.63, 3.8) is 0 Å². The molecule has 2 fully saturated rings. The lowest BCUT2D eigenvalue weighted by Crippen LogP contribution is -2.36. The largest absolute Gasteiger partial charge is 0.385 e. The van der Waals surface area contributed by atoms with Gasteiger partial charge in [0.2, 0.25) is 0 Å². The Bertz CT molecular complexity index is 420. The van der Waals surface area contributed by atoms with Gasteiger partial charge in [0.15, 0.2) is 0 Å². The molecule has 2 aliphatic rings. The number of benzene rings is 1. The van der Waals surface area contributed by atoms with E-state index in [9.17, 15) is 0 Å². The first-order chi connectivity index (χ1) is 10.3. The van der Waals surface area contributed by atoms with Crippen LogP contribution in [0.25, 0.3) is 0 Å². The van der Waals surface area contributed by atoms with E-state index in [1.807, 2.05) is 0 Å². The summed E-state index contributed by atoms with van der Waals surface area (Å²) in [6, 6.07) is 9.25. The summed E-state index contributed by atoms with van der Waals surface area (Å²) in [4.78, 5) is 2.38. The van der Waals surface area contributed by atoms with Crippen LogP contribution in [-0.2, 0) is 4.74 Å². The van der Waals surface area contributed by atoms with Crippen molar-refractivity contribution in [3.05, 3.63) is 24.3 Å². The molecular weight excluding hydrogens is 262 g/mol. The Kier molecular flexibility index (Phi) is 4.99. The Morgan fingerprint density at radius 1 is 1.05 bits per heavy atom. The summed E-state index contributed by atoms with van der Waals surface area (Å²) < 4.78 is 5.40. The smallest absolute Gasteiger partial charge is 0.0642 e. The quantitative estimate of drug-likeness (QED) is 0.894. The lowest BCUT2D eigenvalue weighted by Gasteiger charge is -2.29. The predicted octanol–water partition coefficient (Wildman–Crippen LogP) is 2.45. The highest BCUT2D eigenvalue weighted by Crippen LogP contribution is 2.24. The van der Waals surface area contributed by atoms with Crippen LogP contribution in [0.15, 0.2) is 24.3 Å². The first-order valence-electron chi connectivity index (χ1n) is 8.23. The number of ether oxygens (including phenoxy) is 1. The van der Waals surface area contributed by atoms with E-state index < -0.39 is 0 Å². The molecule has 0 radical (unpaired) electrons. The van der Waals surface area contributed by atoms with Crippen molar-refractivity contribution in [1.82, 2.24) is 0 Å². The SMILES string of the molecule is N[C@H]1CC[C@@H](CNc2ccc(N3CCOCC3)cc2)CC1. The average molecular weight is 289 g/mol. The van der Waals surface area contributed by atoms with Crippen LogP contribution >= 0.6 is 0 Å². The summed E-state index contributed by atoms with van der Waals surface area (Å²) in [6.07, 6.45) is 4.89. The minimum atomic E-state index is 0.439. The number of morpholine rings is 1. The van der Waals surface area contributed by atoms with Gasteiger partial charge in [-0.2, -0.15) is 0 Å². The standard InChI is InChI=1S/C17H27N3O/c18-15-3-1-14(2-4-15)13-19-16-5-7-17(8-6-16)20-9-11-21-12-10-20/h5-8,14-15,19H,1-4,9-13,18H2/t14-,15+. The molecular formula is C17H27N3O. The monoisotopic (exact) mass is 289 g/mol. The van der Waals surface area contributed by atoms with Crippen LogP contribution in [0.4, 0.5) is 11.4 Å². The van der Waals surface area contributed by atoms with Crippen LogP contribution in [0.1, 0.15) is 25.7 Å². The number of rotatable bonds is 4. The fourth-order valence-corrected chi connectivity index (χ4v) is 3.27. The van der Waals surface area contributed by atoms with Crippen LogP contribution in [0.5, 0.6) is 0 Å². The van der Waals surface area contributed by atoms with E-state index in [2.05, 4.69) is 34.5 Å². The van der Waals surface area contributed by atoms with Gasteiger partial charge in [-0.3, -0.25) is 0 Å². The maximum atomic E-state index is 5.96. The second kappa shape index (κ2) is 7.14. The third kappa shape index (κ3) is 4.11. The van der Waals surface area contributed by atoms with Gasteiger partial charge in [0, 0.05) is 37.1 Å². The maximum Gasteiger partial charge on any atom is 0.0642 e. The number of nitrogens with two attached hydrogens (primary N) is 1. The Balaban J connectivity index is 1.48. The average Bonchev–Trinajstić information content (AvgIpc) is 2.56. The van der Waals surface area contributed by atoms with E-state index in [-0.39, 0.29) is 0 Å². The third-order valence-electron chi connectivity index (χ3n) is 4.73. The second-order valence-electron chi connectivity index (χ2n) is 6.31. The Labute approximate surface area is 127 Å². The minimum Gasteiger partial charge on any atom is -0.385 e. The molecule has 0 spiro atoms. The third-order valence-corrected chi connectivity index (χ3v) is 4.73. The lowest BCUT2D eigenvalue weighted by atomic mass is 9.86. The molecule has 1 saturated carbocycles. The highest BCUT2D eigenvalue weighted by Gasteiger charge is 2.18. The highest BCUT2D eigenvalue weighted by atomic mass is 16.5. The van der Waals surface area contributed by atoms with Gasteiger partial charge in [-0.05, 0) is 55.9 Å². The van der Waals surface area contributed by atoms with Crippen LogP contribution in [0.3, 0.4) is 0 Å². The highest BCUT2D eigenvalue weighted by molar-refractivity contribution is 5.55. The van der Waals surface area contributed by atoms with Gasteiger partial charge < -0.3 is 20.7 Å². The molecule has 1 saturated heterocycles. The van der Waals surface area contributed by atoms with Crippen molar-refractivity contribution in [2.24, 2.45) is 11.7 Å². The summed E-state index contributed by atoms with van der Waals surface area (Å²) in [7, 11) is 0. The van der Waals surface area contributed by atoms with Crippen molar-refractivity contribution in [3.8, 4) is 0 Å². The van der Waals surface area contributed by atoms with E-state index >= 15 is 0 Å². The minimum absolute atomic E-state index is 0.439. The van der Waals surface area contributed by atoms with E-state index in [0.717, 1.165) is 38.8 Å². The normalized spacial score (nSPS) is 26.6. The summed E-state index contributed by atoms with van der Waals surface area (Å²) in [5, 5.41) is 3.58. The lowest BCUT2D eigenvalue weighted by molar-refractivity contribution is 0.122. The number of nitrogens with zero attached hydrogens (tertiary/aromatic N) is 1. The van der Waals surface area contributed by atoms with Crippen molar-refractivity contribution < 1.29 is 4.74 Å². The summed E-state index contributed by atoms with van der Waals surface area (Å²) >= 11 is 0. The molecule has 0 atom stereocenters. The summed E-state index contributed by atoms with van der Waals surface area (Å²) in [6.45, 7) is 4.74. The van der Waals surface area contributed by atoms with Crippen LogP contribution in [0, 0.1) is 5.92 Å². The van der Waals surface area contributed by atoms with E-state index in [0.29, 0.717) is 6.04 Å². The molecule has 21 heavy (non-hydrogen) atoms. The van der Waals surface area contributed by atoms with Gasteiger partial charge in [0.1, 0.15) is 0 Å². The second-order valence-corrected chi connectivity index (χ2v) is 6.31. The fourth-order valence-electron chi connectivity index (χ4n) is 3.27. The van der Waals surface area contributed by atoms with E-state index in [1.54, 1.807) is 0 Å². The van der Waals surface area contributed by atoms with Gasteiger partial charge >= 0.3 is 0 Å². The molecule has 1 aliphatic heterocycles. The zero-order chi connectivity index (χ0) is 14.5. The van der Waals surface area contributed by atoms with Gasteiger partial charge in [0.05, 0.1) is 13.2 Å². The molecule has 1 heterocycles. The topological polar surface area (TPSA) is 50.5 Å². The number of nitrogens with one attached hydrogen (secondary N) is 1. The molecule has 0 unspecified atom stereocenters. The van der Waals surface area contributed by atoms with Gasteiger partial charge in [-0.15, -0.1) is 0 Å². The molecule has 1 aliphatic carbocycles. The Morgan fingerprint density at radius 3 is 2.38 bits per heavy atom. The van der Waals surface area contributed by atoms with Gasteiger partial charge in [0.25, 0.3) is 0 Å². The molecule has 4 nitrogen and oxygen atoms in total. The fraction of sp³-hybridized carbons (Fsp3) is 0.647. The predicted molar refractivity (Wildman–Crippen MR) is 87.9 cm³/mol. The summed E-state index contributed by atoms with van der Waals surface area (Å²) in [5.74, 6) is 0.781. The van der Waals surface area contributed by atoms with Crippen LogP contribution in [0.2, 0.25) is 0 Å². The number of hydrogen-bond acceptors (Lipinski definition) is 4. The van der Waals surface area contributed by atoms with Crippen LogP contribution in [-0.4, -0.2) is 38.9 Å². The zero-order valence-electron chi connectivity index (χ0n) is 12.8. The molecule has 1 aromatic carbocycles. The molecule has 0 bridgehead atoms. The first kappa shape index (κ1) is 14.7. The molecule has 3 rings (SSSR count). The molecule has 4 heteroatoms. The molecule has 116 valence electrons. The van der Waals surface area contributed by atoms with E-state index in [4.69, 9.17) is 10.5 Å². The number of hydrogen-bond donors (Lipinski definition) is 2. The van der Waals surface area contributed by atoms with Crippen molar-refractivity contribution >= 4 is 11.4 Å². The zero-order valence-corrected chi connectivity index (χ0v) is 12.8. The Morgan fingerprint density at radius 2 is 1.71 bits per heavy atom. The van der Waals surface area contributed by atoms with Crippen molar-refractivity contribution in [2.45, 2.75) is 31.7 Å². The van der Waals surface area contributed by atoms with Gasteiger partial charge in [-0.25, -0.2) is 0 Å². The number of anilines is 2. The molecule has 1 aromatic rings. The molecule has 3 N–H and O–H groups in total. The van der Waals surface area contributed by atoms with Crippen LogP contribution < -0.4 is 16.0 Å². The van der Waals surface area contributed by atoms with Gasteiger partial charge in [-0.1, -0.05) is 0 Å². The first-order valence-corrected chi connectivity index (χ1v) is 8.23.